The second kappa shape index (κ2) is 6.76. The zero-order chi connectivity index (χ0) is 13.7. The summed E-state index contributed by atoms with van der Waals surface area (Å²) >= 11 is 0. The summed E-state index contributed by atoms with van der Waals surface area (Å²) < 4.78 is 5.42. The lowest BCUT2D eigenvalue weighted by atomic mass is 9.96. The standard InChI is InChI=1S/C15H26N2O/c1-6-17(4)14(10-16)12-7-8-15(18-5)13(9-12)11(2)3/h7-9,11,14H,6,10,16H2,1-5H3. The van der Waals surface area contributed by atoms with E-state index in [1.54, 1.807) is 7.11 Å². The SMILES string of the molecule is CCN(C)C(CN)c1ccc(OC)c(C(C)C)c1. The highest BCUT2D eigenvalue weighted by Gasteiger charge is 2.16. The number of methoxy groups -OCH3 is 1. The summed E-state index contributed by atoms with van der Waals surface area (Å²) in [6, 6.07) is 6.68. The Labute approximate surface area is 111 Å². The van der Waals surface area contributed by atoms with Crippen molar-refractivity contribution in [3.63, 3.8) is 0 Å². The van der Waals surface area contributed by atoms with E-state index >= 15 is 0 Å². The first-order valence-corrected chi connectivity index (χ1v) is 6.63. The molecular formula is C15H26N2O. The number of benzene rings is 1. The second-order valence-electron chi connectivity index (χ2n) is 4.98. The molecule has 3 nitrogen and oxygen atoms in total. The molecule has 102 valence electrons. The van der Waals surface area contributed by atoms with E-state index in [4.69, 9.17) is 10.5 Å². The molecule has 18 heavy (non-hydrogen) atoms. The van der Waals surface area contributed by atoms with Gasteiger partial charge in [-0.15, -0.1) is 0 Å². The maximum Gasteiger partial charge on any atom is 0.122 e. The van der Waals surface area contributed by atoms with Crippen LogP contribution >= 0.6 is 0 Å². The molecule has 0 aromatic heterocycles. The minimum absolute atomic E-state index is 0.276. The number of nitrogens with two attached hydrogens (primary N) is 1. The van der Waals surface area contributed by atoms with Crippen LogP contribution in [0.3, 0.4) is 0 Å². The summed E-state index contributed by atoms with van der Waals surface area (Å²) in [5.74, 6) is 1.41. The molecule has 0 aliphatic rings. The third kappa shape index (κ3) is 3.24. The van der Waals surface area contributed by atoms with Gasteiger partial charge in [-0.05, 0) is 36.7 Å². The number of rotatable bonds is 6. The average molecular weight is 250 g/mol. The molecule has 1 unspecified atom stereocenters. The maximum absolute atomic E-state index is 5.91. The van der Waals surface area contributed by atoms with Crippen molar-refractivity contribution in [1.29, 1.82) is 0 Å². The van der Waals surface area contributed by atoms with Gasteiger partial charge in [-0.1, -0.05) is 32.9 Å². The van der Waals surface area contributed by atoms with Crippen LogP contribution in [0.1, 0.15) is 43.9 Å². The van der Waals surface area contributed by atoms with Crippen molar-refractivity contribution in [2.45, 2.75) is 32.7 Å². The van der Waals surface area contributed by atoms with Gasteiger partial charge >= 0.3 is 0 Å². The van der Waals surface area contributed by atoms with E-state index in [-0.39, 0.29) is 6.04 Å². The summed E-state index contributed by atoms with van der Waals surface area (Å²) in [7, 11) is 3.83. The molecule has 0 heterocycles. The predicted molar refractivity (Wildman–Crippen MR) is 77.2 cm³/mol. The van der Waals surface area contributed by atoms with E-state index in [9.17, 15) is 0 Å². The molecular weight excluding hydrogens is 224 g/mol. The summed E-state index contributed by atoms with van der Waals surface area (Å²) in [5, 5.41) is 0. The van der Waals surface area contributed by atoms with Crippen LogP contribution in [0.25, 0.3) is 0 Å². The van der Waals surface area contributed by atoms with Crippen molar-refractivity contribution in [3.8, 4) is 5.75 Å². The van der Waals surface area contributed by atoms with Crippen LogP contribution in [0.2, 0.25) is 0 Å². The van der Waals surface area contributed by atoms with Crippen molar-refractivity contribution in [1.82, 2.24) is 4.90 Å². The van der Waals surface area contributed by atoms with Crippen LogP contribution in [-0.4, -0.2) is 32.1 Å². The van der Waals surface area contributed by atoms with Crippen molar-refractivity contribution in [2.24, 2.45) is 5.73 Å². The molecule has 1 aromatic rings. The molecule has 0 saturated carbocycles. The van der Waals surface area contributed by atoms with E-state index < -0.39 is 0 Å². The predicted octanol–water partition coefficient (Wildman–Crippen LogP) is 2.77. The normalized spacial score (nSPS) is 13.1. The van der Waals surface area contributed by atoms with Gasteiger partial charge in [0.2, 0.25) is 0 Å². The van der Waals surface area contributed by atoms with Gasteiger partial charge in [0.25, 0.3) is 0 Å². The van der Waals surface area contributed by atoms with Gasteiger partial charge < -0.3 is 10.5 Å². The molecule has 0 aliphatic carbocycles. The van der Waals surface area contributed by atoms with E-state index in [0.29, 0.717) is 12.5 Å². The number of likely N-dealkylation sites (N-methyl/N-ethyl adjacent to an activating group) is 1. The molecule has 0 fully saturated rings. The van der Waals surface area contributed by atoms with Crippen LogP contribution in [0.15, 0.2) is 18.2 Å². The van der Waals surface area contributed by atoms with Crippen LogP contribution in [0.5, 0.6) is 5.75 Å². The molecule has 2 N–H and O–H groups in total. The maximum atomic E-state index is 5.91. The molecule has 3 heteroatoms. The topological polar surface area (TPSA) is 38.5 Å². The third-order valence-electron chi connectivity index (χ3n) is 3.51. The third-order valence-corrected chi connectivity index (χ3v) is 3.51. The van der Waals surface area contributed by atoms with Crippen molar-refractivity contribution < 1.29 is 4.74 Å². The van der Waals surface area contributed by atoms with E-state index in [1.165, 1.54) is 11.1 Å². The Bertz CT molecular complexity index is 377. The lowest BCUT2D eigenvalue weighted by Gasteiger charge is -2.27. The van der Waals surface area contributed by atoms with E-state index in [2.05, 4.69) is 50.9 Å². The van der Waals surface area contributed by atoms with Gasteiger partial charge in [0, 0.05) is 12.6 Å². The smallest absolute Gasteiger partial charge is 0.122 e. The molecule has 0 saturated heterocycles. The Balaban J connectivity index is 3.13. The Kier molecular flexibility index (Phi) is 5.63. The number of hydrogen-bond donors (Lipinski definition) is 1. The van der Waals surface area contributed by atoms with E-state index in [1.807, 2.05) is 0 Å². The monoisotopic (exact) mass is 250 g/mol. The lowest BCUT2D eigenvalue weighted by molar-refractivity contribution is 0.263. The van der Waals surface area contributed by atoms with Gasteiger partial charge in [-0.25, -0.2) is 0 Å². The minimum Gasteiger partial charge on any atom is -0.496 e. The highest BCUT2D eigenvalue weighted by molar-refractivity contribution is 5.40. The van der Waals surface area contributed by atoms with Crippen LogP contribution in [0.4, 0.5) is 0 Å². The zero-order valence-corrected chi connectivity index (χ0v) is 12.2. The van der Waals surface area contributed by atoms with Gasteiger partial charge in [-0.2, -0.15) is 0 Å². The fraction of sp³-hybridized carbons (Fsp3) is 0.600. The Morgan fingerprint density at radius 1 is 1.33 bits per heavy atom. The highest BCUT2D eigenvalue weighted by atomic mass is 16.5. The number of ether oxygens (including phenoxy) is 1. The molecule has 0 radical (unpaired) electrons. The Morgan fingerprint density at radius 2 is 2.00 bits per heavy atom. The van der Waals surface area contributed by atoms with Crippen molar-refractivity contribution in [2.75, 3.05) is 27.2 Å². The number of nitrogens with zero attached hydrogens (tertiary/aromatic N) is 1. The summed E-state index contributed by atoms with van der Waals surface area (Å²) in [5.41, 5.74) is 8.42. The minimum atomic E-state index is 0.276. The quantitative estimate of drug-likeness (QED) is 0.843. The van der Waals surface area contributed by atoms with Gasteiger partial charge in [-0.3, -0.25) is 4.90 Å². The fourth-order valence-corrected chi connectivity index (χ4v) is 2.20. The largest absolute Gasteiger partial charge is 0.496 e. The molecule has 0 bridgehead atoms. The second-order valence-corrected chi connectivity index (χ2v) is 4.98. The van der Waals surface area contributed by atoms with Crippen molar-refractivity contribution >= 4 is 0 Å². The summed E-state index contributed by atoms with van der Waals surface area (Å²) in [6.45, 7) is 8.14. The summed E-state index contributed by atoms with van der Waals surface area (Å²) in [6.07, 6.45) is 0. The Hall–Kier alpha value is -1.06. The first kappa shape index (κ1) is 15.0. The molecule has 0 amide bonds. The van der Waals surface area contributed by atoms with Gasteiger partial charge in [0.15, 0.2) is 0 Å². The van der Waals surface area contributed by atoms with E-state index in [0.717, 1.165) is 12.3 Å². The molecule has 0 aliphatic heterocycles. The van der Waals surface area contributed by atoms with Crippen LogP contribution in [0, 0.1) is 0 Å². The molecule has 1 rings (SSSR count). The first-order valence-electron chi connectivity index (χ1n) is 6.63. The van der Waals surface area contributed by atoms with Crippen molar-refractivity contribution in [3.05, 3.63) is 29.3 Å². The van der Waals surface area contributed by atoms with Gasteiger partial charge in [0.05, 0.1) is 7.11 Å². The van der Waals surface area contributed by atoms with Crippen LogP contribution < -0.4 is 10.5 Å². The first-order chi connectivity index (χ1) is 8.54. The molecule has 1 atom stereocenters. The zero-order valence-electron chi connectivity index (χ0n) is 12.2. The fourth-order valence-electron chi connectivity index (χ4n) is 2.20. The molecule has 0 spiro atoms. The lowest BCUT2D eigenvalue weighted by Crippen LogP contribution is -2.30. The van der Waals surface area contributed by atoms with Crippen LogP contribution in [-0.2, 0) is 0 Å². The van der Waals surface area contributed by atoms with Gasteiger partial charge in [0.1, 0.15) is 5.75 Å². The molecule has 1 aromatic carbocycles. The average Bonchev–Trinajstić information content (AvgIpc) is 2.39. The highest BCUT2D eigenvalue weighted by Crippen LogP contribution is 2.30. The summed E-state index contributed by atoms with van der Waals surface area (Å²) in [4.78, 5) is 2.27. The number of hydrogen-bond acceptors (Lipinski definition) is 3. The Morgan fingerprint density at radius 3 is 2.44 bits per heavy atom.